The van der Waals surface area contributed by atoms with Gasteiger partial charge in [-0.3, -0.25) is 47.9 Å². The smallest absolute Gasteiger partial charge is 0.326 e. The van der Waals surface area contributed by atoms with E-state index in [4.69, 9.17) is 11.5 Å². The van der Waals surface area contributed by atoms with Gasteiger partial charge in [-0.25, -0.2) is 4.79 Å². The van der Waals surface area contributed by atoms with Gasteiger partial charge in [-0.05, 0) is 62.3 Å². The van der Waals surface area contributed by atoms with Crippen LogP contribution < -0.4 is 48.7 Å². The lowest BCUT2D eigenvalue weighted by molar-refractivity contribution is -0.146. The Balaban J connectivity index is 1.87. The average molecular weight is 1100 g/mol. The molecule has 1 aromatic carbocycles. The van der Waals surface area contributed by atoms with Crippen molar-refractivity contribution < 1.29 is 68.1 Å². The molecule has 2 heterocycles. The molecule has 0 aliphatic carbocycles. The van der Waals surface area contributed by atoms with E-state index in [1.54, 1.807) is 71.9 Å². The van der Waals surface area contributed by atoms with Gasteiger partial charge in [0.2, 0.25) is 59.1 Å². The van der Waals surface area contributed by atoms with Gasteiger partial charge < -0.3 is 73.8 Å². The molecule has 26 heteroatoms. The number of thiol groups is 1. The molecule has 430 valence electrons. The number of carboxylic acids is 1. The summed E-state index contributed by atoms with van der Waals surface area (Å²) >= 11 is 3.99. The molecule has 10 amide bonds. The molecule has 2 fully saturated rings. The van der Waals surface area contributed by atoms with E-state index in [0.29, 0.717) is 31.2 Å². The van der Waals surface area contributed by atoms with Crippen LogP contribution in [0.3, 0.4) is 0 Å². The molecule has 1 aromatic rings. The quantitative estimate of drug-likeness (QED) is 0.0350. The number of nitrogens with zero attached hydrogens (tertiary/aromatic N) is 2. The maximum Gasteiger partial charge on any atom is 0.326 e. The van der Waals surface area contributed by atoms with E-state index in [1.165, 1.54) is 16.7 Å². The summed E-state index contributed by atoms with van der Waals surface area (Å²) in [7, 11) is 0. The topological polar surface area (TPSA) is 391 Å². The fourth-order valence-corrected chi connectivity index (χ4v) is 9.22. The van der Waals surface area contributed by atoms with E-state index < -0.39 is 156 Å². The minimum Gasteiger partial charge on any atom is -0.480 e. The normalized spacial score (nSPS) is 19.6. The van der Waals surface area contributed by atoms with Crippen molar-refractivity contribution >= 4 is 77.7 Å². The summed E-state index contributed by atoms with van der Waals surface area (Å²) in [6.45, 7) is 10.9. The number of aliphatic hydroxyl groups is 2. The number of aliphatic hydroxyl groups excluding tert-OH is 2. The van der Waals surface area contributed by atoms with Crippen LogP contribution in [0.25, 0.3) is 0 Å². The number of hydrogen-bond acceptors (Lipinski definition) is 15. The first-order chi connectivity index (χ1) is 36.3. The number of likely N-dealkylation sites (tertiary alicyclic amines) is 2. The number of hydrogen-bond donors (Lipinski definition) is 13. The van der Waals surface area contributed by atoms with E-state index >= 15 is 0 Å². The number of carbonyl (C=O) groups excluding carboxylic acids is 10. The van der Waals surface area contributed by atoms with Crippen molar-refractivity contribution in [1.29, 1.82) is 0 Å². The molecule has 25 nitrogen and oxygen atoms in total. The minimum atomic E-state index is -1.70. The molecular weight excluding hydrogens is 1020 g/mol. The summed E-state index contributed by atoms with van der Waals surface area (Å²) in [6, 6.07) is -4.95. The van der Waals surface area contributed by atoms with Crippen LogP contribution in [-0.2, 0) is 59.2 Å². The molecule has 2 aliphatic rings. The fourth-order valence-electron chi connectivity index (χ4n) is 9.06. The third-order valence-electron chi connectivity index (χ3n) is 13.9. The zero-order valence-electron chi connectivity index (χ0n) is 45.0. The number of benzene rings is 1. The molecule has 13 atom stereocenters. The SMILES string of the molecule is CC[C@H](C)[C@H](NC(=O)[C@H]1CCCN1C(=O)[C@H](CO)NC(=O)[C@@H](NC(=O)[C@@H]1CCCN1C(=O)[C@H](Cc1ccccc1)NC(=O)[C@H](CC(N)=O)NC(=O)[C@H](CC(C)C)NC(=O)[C@@H](NC(=O)[C@@H](N)CS)[C@@H](C)O)[C@@H](C)CC)C(=O)O. The molecule has 14 N–H and O–H groups in total. The van der Waals surface area contributed by atoms with Crippen molar-refractivity contribution in [3.05, 3.63) is 35.9 Å². The van der Waals surface area contributed by atoms with E-state index in [0.717, 1.165) is 0 Å². The first-order valence-electron chi connectivity index (χ1n) is 26.2. The van der Waals surface area contributed by atoms with Gasteiger partial charge >= 0.3 is 5.97 Å². The predicted octanol–water partition coefficient (Wildman–Crippen LogP) is -2.67. The highest BCUT2D eigenvalue weighted by molar-refractivity contribution is 7.80. The molecule has 0 saturated carbocycles. The number of nitrogens with two attached hydrogens (primary N) is 2. The first-order valence-corrected chi connectivity index (χ1v) is 26.9. The maximum atomic E-state index is 14.7. The Morgan fingerprint density at radius 1 is 0.636 bits per heavy atom. The van der Waals surface area contributed by atoms with Crippen molar-refractivity contribution in [3.63, 3.8) is 0 Å². The first kappa shape index (κ1) is 64.9. The van der Waals surface area contributed by atoms with Gasteiger partial charge in [-0.1, -0.05) is 84.7 Å². The highest BCUT2D eigenvalue weighted by Crippen LogP contribution is 2.23. The monoisotopic (exact) mass is 1100 g/mol. The predicted molar refractivity (Wildman–Crippen MR) is 284 cm³/mol. The summed E-state index contributed by atoms with van der Waals surface area (Å²) in [5, 5.41) is 48.3. The average Bonchev–Trinajstić information content (AvgIpc) is 4.10. The number of carboxylic acid groups (broad SMARTS) is 1. The van der Waals surface area contributed by atoms with Crippen molar-refractivity contribution in [2.45, 2.75) is 173 Å². The van der Waals surface area contributed by atoms with Gasteiger partial charge in [0.15, 0.2) is 0 Å². The lowest BCUT2D eigenvalue weighted by Crippen LogP contribution is -2.62. The van der Waals surface area contributed by atoms with Crippen molar-refractivity contribution in [3.8, 4) is 0 Å². The van der Waals surface area contributed by atoms with Gasteiger partial charge in [0.1, 0.15) is 54.4 Å². The largest absolute Gasteiger partial charge is 0.480 e. The van der Waals surface area contributed by atoms with Crippen LogP contribution in [0.2, 0.25) is 0 Å². The summed E-state index contributed by atoms with van der Waals surface area (Å²) in [5.41, 5.74) is 11.9. The van der Waals surface area contributed by atoms with Gasteiger partial charge in [0.25, 0.3) is 0 Å². The second-order valence-electron chi connectivity index (χ2n) is 20.4. The Bertz CT molecular complexity index is 2240. The summed E-state index contributed by atoms with van der Waals surface area (Å²) in [4.78, 5) is 151. The maximum absolute atomic E-state index is 14.7. The molecule has 2 aliphatic heterocycles. The van der Waals surface area contributed by atoms with Gasteiger partial charge in [-0.2, -0.15) is 12.6 Å². The minimum absolute atomic E-state index is 0.0118. The highest BCUT2D eigenvalue weighted by atomic mass is 32.1. The standard InChI is InChI=1S/C51H81N11O14S/c1-8-27(5)39(47(71)57-35(24-63)50(74)62-20-14-18-37(62)46(70)59-40(51(75)76)28(6)9-2)58-45(69)36-17-13-19-61(36)49(73)34(22-30-15-11-10-12-16-30)56-44(68)33(23-38(53)65)54-43(67)32(21-26(3)4)55-48(72)41(29(7)64)60-42(66)31(52)25-77/h10-12,15-16,26-29,31-37,39-41,63-64,77H,8-9,13-14,17-25,52H2,1-7H3,(H2,53,65)(H,54,67)(H,55,72)(H,56,68)(H,57,71)(H,58,69)(H,59,70)(H,60,66)(H,75,76)/t27-,28-,29+,31-,32-,33-,34-,35-,36-,37+,39-,40-,41-/m0/s1. The zero-order chi connectivity index (χ0) is 57.8. The molecule has 2 saturated heterocycles. The van der Waals surface area contributed by atoms with Crippen molar-refractivity contribution in [2.24, 2.45) is 29.2 Å². The number of carbonyl (C=O) groups is 11. The molecule has 0 radical (unpaired) electrons. The number of amides is 10. The number of nitrogens with one attached hydrogen (secondary N) is 7. The van der Waals surface area contributed by atoms with Crippen LogP contribution >= 0.6 is 12.6 Å². The van der Waals surface area contributed by atoms with Crippen LogP contribution in [0.1, 0.15) is 105 Å². The van der Waals surface area contributed by atoms with Gasteiger partial charge in [0, 0.05) is 25.3 Å². The molecule has 0 unspecified atom stereocenters. The second kappa shape index (κ2) is 31.1. The van der Waals surface area contributed by atoms with E-state index in [-0.39, 0.29) is 50.4 Å². The van der Waals surface area contributed by atoms with Crippen LogP contribution in [-0.4, -0.2) is 182 Å². The van der Waals surface area contributed by atoms with Gasteiger partial charge in [0.05, 0.1) is 25.2 Å². The van der Waals surface area contributed by atoms with Crippen LogP contribution in [0.4, 0.5) is 0 Å². The van der Waals surface area contributed by atoms with E-state index in [1.807, 2.05) is 0 Å². The molecule has 3 rings (SSSR count). The number of rotatable bonds is 30. The lowest BCUT2D eigenvalue weighted by atomic mass is 9.97. The van der Waals surface area contributed by atoms with Crippen molar-refractivity contribution in [1.82, 2.24) is 47.0 Å². The van der Waals surface area contributed by atoms with Crippen LogP contribution in [0, 0.1) is 17.8 Å². The summed E-state index contributed by atoms with van der Waals surface area (Å²) in [6.07, 6.45) is -0.455. The third-order valence-corrected chi connectivity index (χ3v) is 14.3. The summed E-state index contributed by atoms with van der Waals surface area (Å²) < 4.78 is 0. The Kier molecular flexibility index (Phi) is 26.2. The number of aliphatic carboxylic acids is 1. The highest BCUT2D eigenvalue weighted by Gasteiger charge is 2.43. The molecule has 0 aromatic heterocycles. The zero-order valence-corrected chi connectivity index (χ0v) is 45.9. The van der Waals surface area contributed by atoms with Crippen LogP contribution in [0.5, 0.6) is 0 Å². The molecular formula is C51H81N11O14S. The van der Waals surface area contributed by atoms with Crippen LogP contribution in [0.15, 0.2) is 30.3 Å². The molecule has 0 bridgehead atoms. The Morgan fingerprint density at radius 2 is 1.10 bits per heavy atom. The summed E-state index contributed by atoms with van der Waals surface area (Å²) in [5.74, 6) is -11.0. The molecule has 0 spiro atoms. The van der Waals surface area contributed by atoms with E-state index in [2.05, 4.69) is 49.8 Å². The third kappa shape index (κ3) is 18.9. The Labute approximate surface area is 454 Å². The van der Waals surface area contributed by atoms with E-state index in [9.17, 15) is 68.1 Å². The van der Waals surface area contributed by atoms with Gasteiger partial charge in [-0.15, -0.1) is 0 Å². The van der Waals surface area contributed by atoms with Crippen molar-refractivity contribution in [2.75, 3.05) is 25.4 Å². The lowest BCUT2D eigenvalue weighted by Gasteiger charge is -2.33. The number of primary amides is 1. The Hall–Kier alpha value is -6.38. The Morgan fingerprint density at radius 3 is 1.58 bits per heavy atom. The molecule has 77 heavy (non-hydrogen) atoms. The fraction of sp³-hybridized carbons (Fsp3) is 0.667. The second-order valence-corrected chi connectivity index (χ2v) is 20.8.